The Labute approximate surface area is 191 Å². The number of carboxylic acid groups (broad SMARTS) is 1. The average Bonchev–Trinajstić information content (AvgIpc) is 2.66. The van der Waals surface area contributed by atoms with Crippen molar-refractivity contribution in [1.82, 2.24) is 5.32 Å². The van der Waals surface area contributed by atoms with Gasteiger partial charge in [-0.05, 0) is 6.08 Å². The Bertz CT molecular complexity index is 1010. The molecule has 0 aromatic heterocycles. The summed E-state index contributed by atoms with van der Waals surface area (Å²) in [6.07, 6.45) is -13.6. The second kappa shape index (κ2) is 10.7. The highest BCUT2D eigenvalue weighted by molar-refractivity contribution is 7.81. The van der Waals surface area contributed by atoms with Gasteiger partial charge in [-0.25, -0.2) is 13.2 Å². The van der Waals surface area contributed by atoms with Gasteiger partial charge in [-0.2, -0.15) is 16.8 Å². The fourth-order valence-corrected chi connectivity index (χ4v) is 3.83. The predicted octanol–water partition coefficient (Wildman–Crippen LogP) is -4.35. The van der Waals surface area contributed by atoms with E-state index >= 15 is 0 Å². The van der Waals surface area contributed by atoms with Crippen LogP contribution in [0.25, 0.3) is 0 Å². The lowest BCUT2D eigenvalue weighted by molar-refractivity contribution is -0.299. The van der Waals surface area contributed by atoms with Gasteiger partial charge in [-0.1, -0.05) is 0 Å². The monoisotopic (exact) mass is 539 g/mol. The summed E-state index contributed by atoms with van der Waals surface area (Å²) < 4.78 is 85.2. The van der Waals surface area contributed by atoms with E-state index in [1.807, 2.05) is 0 Å². The summed E-state index contributed by atoms with van der Waals surface area (Å²) in [4.78, 5) is 22.8. The van der Waals surface area contributed by atoms with E-state index in [1.54, 1.807) is 0 Å². The third-order valence-electron chi connectivity index (χ3n) is 4.35. The molecule has 7 N–H and O–H groups in total. The molecule has 18 nitrogen and oxygen atoms in total. The van der Waals surface area contributed by atoms with Crippen LogP contribution in [0, 0.1) is 0 Å². The average molecular weight is 539 g/mol. The van der Waals surface area contributed by atoms with Crippen LogP contribution in [0.5, 0.6) is 0 Å². The fourth-order valence-electron chi connectivity index (χ4n) is 3.04. The van der Waals surface area contributed by atoms with Crippen molar-refractivity contribution in [3.8, 4) is 0 Å². The molecular formula is C14H21NO17S2. The number of ether oxygens (including phenoxy) is 3. The predicted molar refractivity (Wildman–Crippen MR) is 99.9 cm³/mol. The molecule has 4 unspecified atom stereocenters. The second-order valence-electron chi connectivity index (χ2n) is 6.90. The Balaban J connectivity index is 2.40. The van der Waals surface area contributed by atoms with Crippen molar-refractivity contribution in [3.05, 3.63) is 11.8 Å². The lowest BCUT2D eigenvalue weighted by atomic mass is 9.96. The van der Waals surface area contributed by atoms with Crippen molar-refractivity contribution >= 4 is 32.7 Å². The van der Waals surface area contributed by atoms with E-state index in [2.05, 4.69) is 13.7 Å². The first kappa shape index (κ1) is 28.3. The number of aliphatic carboxylic acids is 1. The van der Waals surface area contributed by atoms with Gasteiger partial charge in [0, 0.05) is 6.92 Å². The van der Waals surface area contributed by atoms with Crippen molar-refractivity contribution in [3.63, 3.8) is 0 Å². The Hall–Kier alpha value is -1.98. The van der Waals surface area contributed by atoms with E-state index in [1.165, 1.54) is 0 Å². The first-order chi connectivity index (χ1) is 15.5. The number of aliphatic hydroxyl groups is 3. The first-order valence-corrected chi connectivity index (χ1v) is 11.7. The minimum absolute atomic E-state index is 0.515. The van der Waals surface area contributed by atoms with Crippen LogP contribution in [0.3, 0.4) is 0 Å². The number of carbonyl (C=O) groups excluding carboxylic acids is 1. The van der Waals surface area contributed by atoms with Crippen LogP contribution in [0.2, 0.25) is 0 Å². The van der Waals surface area contributed by atoms with Gasteiger partial charge in [0.2, 0.25) is 18.0 Å². The number of rotatable bonds is 9. The molecule has 20 heteroatoms. The van der Waals surface area contributed by atoms with Gasteiger partial charge in [-0.3, -0.25) is 13.9 Å². The quantitative estimate of drug-likeness (QED) is 0.136. The maximum absolute atomic E-state index is 11.5. The van der Waals surface area contributed by atoms with E-state index < -0.39 is 94.2 Å². The molecule has 8 atom stereocenters. The molecule has 2 heterocycles. The topological polar surface area (TPSA) is 282 Å². The van der Waals surface area contributed by atoms with Crippen molar-refractivity contribution in [2.75, 3.05) is 6.61 Å². The number of nitrogens with one attached hydrogen (secondary N) is 1. The van der Waals surface area contributed by atoms with Crippen LogP contribution < -0.4 is 5.32 Å². The smallest absolute Gasteiger partial charge is 0.397 e. The minimum atomic E-state index is -5.28. The fraction of sp³-hybridized carbons (Fsp3) is 0.714. The summed E-state index contributed by atoms with van der Waals surface area (Å²) in [6.45, 7) is -0.0941. The second-order valence-corrected chi connectivity index (χ2v) is 9.04. The Morgan fingerprint density at radius 3 is 2.21 bits per heavy atom. The summed E-state index contributed by atoms with van der Waals surface area (Å²) >= 11 is 0. The van der Waals surface area contributed by atoms with Crippen LogP contribution in [0.15, 0.2) is 11.8 Å². The maximum atomic E-state index is 11.5. The molecule has 0 radical (unpaired) electrons. The highest BCUT2D eigenvalue weighted by Gasteiger charge is 2.50. The Morgan fingerprint density at radius 1 is 1.09 bits per heavy atom. The van der Waals surface area contributed by atoms with E-state index in [0.29, 0.717) is 6.08 Å². The molecule has 0 saturated carbocycles. The minimum Gasteiger partial charge on any atom is -0.475 e. The van der Waals surface area contributed by atoms with Gasteiger partial charge >= 0.3 is 26.8 Å². The highest BCUT2D eigenvalue weighted by Crippen LogP contribution is 2.30. The van der Waals surface area contributed by atoms with Crippen molar-refractivity contribution in [2.24, 2.45) is 0 Å². The van der Waals surface area contributed by atoms with E-state index in [4.69, 9.17) is 28.4 Å². The zero-order valence-electron chi connectivity index (χ0n) is 16.9. The number of hydrogen-bond acceptors (Lipinski definition) is 14. The normalized spacial score (nSPS) is 34.6. The molecule has 1 amide bonds. The molecule has 34 heavy (non-hydrogen) atoms. The maximum Gasteiger partial charge on any atom is 0.397 e. The summed E-state index contributed by atoms with van der Waals surface area (Å²) in [5.74, 6) is -3.51. The molecule has 0 spiro atoms. The lowest BCUT2D eigenvalue weighted by Crippen LogP contribution is -2.66. The highest BCUT2D eigenvalue weighted by atomic mass is 32.3. The third kappa shape index (κ3) is 7.78. The van der Waals surface area contributed by atoms with E-state index in [-0.39, 0.29) is 0 Å². The molecule has 1 fully saturated rings. The van der Waals surface area contributed by atoms with Gasteiger partial charge in [0.1, 0.15) is 30.5 Å². The van der Waals surface area contributed by atoms with E-state index in [9.17, 15) is 41.7 Å². The summed E-state index contributed by atoms with van der Waals surface area (Å²) in [6, 6.07) is -1.67. The number of carbonyl (C=O) groups is 2. The Kier molecular flexibility index (Phi) is 8.93. The van der Waals surface area contributed by atoms with Crippen LogP contribution in [0.1, 0.15) is 6.92 Å². The van der Waals surface area contributed by atoms with Crippen LogP contribution in [-0.2, 0) is 53.0 Å². The molecular weight excluding hydrogens is 518 g/mol. The van der Waals surface area contributed by atoms with Crippen molar-refractivity contribution < 1.29 is 78.5 Å². The zero-order valence-corrected chi connectivity index (χ0v) is 18.5. The van der Waals surface area contributed by atoms with Crippen LogP contribution in [0.4, 0.5) is 0 Å². The molecule has 196 valence electrons. The molecule has 2 aliphatic heterocycles. The number of carboxylic acids is 1. The first-order valence-electron chi connectivity index (χ1n) is 9.00. The molecule has 0 aromatic carbocycles. The zero-order chi connectivity index (χ0) is 26.0. The van der Waals surface area contributed by atoms with Crippen LogP contribution in [-0.4, -0.2) is 114 Å². The van der Waals surface area contributed by atoms with Gasteiger partial charge in [0.25, 0.3) is 0 Å². The number of aliphatic hydroxyl groups excluding tert-OH is 3. The summed E-state index contributed by atoms with van der Waals surface area (Å²) in [5.41, 5.74) is 0. The van der Waals surface area contributed by atoms with Crippen LogP contribution >= 0.6 is 0 Å². The Morgan fingerprint density at radius 2 is 1.71 bits per heavy atom. The SMILES string of the molecule is CC(=O)N[C@H]1C(O)O[C@H](COS(=O)(=O)O)[C@H](O)[C@@H]1OC1OC(C(=O)O)=CC(O)C1OS(=O)(=O)O. The largest absolute Gasteiger partial charge is 0.475 e. The molecule has 0 aliphatic carbocycles. The van der Waals surface area contributed by atoms with E-state index in [0.717, 1.165) is 6.92 Å². The number of hydrogen-bond donors (Lipinski definition) is 7. The molecule has 0 aromatic rings. The summed E-state index contributed by atoms with van der Waals surface area (Å²) in [7, 11) is -10.3. The van der Waals surface area contributed by atoms with Crippen molar-refractivity contribution in [2.45, 2.75) is 56.1 Å². The standard InChI is InChI=1S/C14H21NO17S2/c1-4(16)15-8-11(9(18)7(29-13(8)21)3-28-33(22,23)24)31-14-10(32-34(25,26)27)5(17)2-6(30-14)12(19)20/h2,5,7-11,13-14,17-18,21H,3H2,1H3,(H,15,16)(H,19,20)(H,22,23,24)(H,25,26,27)/t5?,7-,8-,9+,10?,11-,13?,14?/m1/s1. The van der Waals surface area contributed by atoms with Gasteiger partial charge < -0.3 is 40.0 Å². The number of amides is 1. The van der Waals surface area contributed by atoms with Gasteiger partial charge in [0.15, 0.2) is 12.4 Å². The molecule has 2 rings (SSSR count). The summed E-state index contributed by atoms with van der Waals surface area (Å²) in [5, 5.41) is 42.2. The molecule has 0 bridgehead atoms. The lowest BCUT2D eigenvalue weighted by Gasteiger charge is -2.44. The van der Waals surface area contributed by atoms with Gasteiger partial charge in [-0.15, -0.1) is 0 Å². The molecule has 2 aliphatic rings. The third-order valence-corrected chi connectivity index (χ3v) is 5.25. The molecule has 1 saturated heterocycles. The van der Waals surface area contributed by atoms with Gasteiger partial charge in [0.05, 0.1) is 6.61 Å². The van der Waals surface area contributed by atoms with Crippen molar-refractivity contribution in [1.29, 1.82) is 0 Å².